The van der Waals surface area contributed by atoms with Gasteiger partial charge in [0.25, 0.3) is 10.0 Å². The van der Waals surface area contributed by atoms with E-state index in [-0.39, 0.29) is 4.90 Å². The molecule has 1 N–H and O–H groups in total. The molecule has 0 amide bonds. The van der Waals surface area contributed by atoms with Gasteiger partial charge < -0.3 is 0 Å². The van der Waals surface area contributed by atoms with Crippen molar-refractivity contribution in [2.45, 2.75) is 39.1 Å². The topological polar surface area (TPSA) is 81.8 Å². The molecule has 0 spiro atoms. The highest BCUT2D eigenvalue weighted by atomic mass is 32.2. The fourth-order valence-corrected chi connectivity index (χ4v) is 6.18. The second-order valence-electron chi connectivity index (χ2n) is 8.69. The molecular weight excluding hydrogens is 458 g/mol. The number of rotatable bonds is 6. The standard InChI is InChI=1S/C27H27N5O2S/c1-18-26(20(3)31(28-18)17-23-13-10-12-22-11-8-9-16-25(22)23)30-35(33,34)27-19(2)29-32(21(27)4)24-14-6-5-7-15-24/h5-16,30H,17H2,1-4H3. The average Bonchev–Trinajstić information content (AvgIpc) is 3.29. The highest BCUT2D eigenvalue weighted by Crippen LogP contribution is 2.29. The van der Waals surface area contributed by atoms with Gasteiger partial charge in [0.2, 0.25) is 0 Å². The Morgan fingerprint density at radius 1 is 0.771 bits per heavy atom. The fourth-order valence-electron chi connectivity index (χ4n) is 4.61. The molecule has 0 atom stereocenters. The number of nitrogens with one attached hydrogen (secondary N) is 1. The lowest BCUT2D eigenvalue weighted by Gasteiger charge is -2.11. The maximum atomic E-state index is 13.5. The molecule has 8 heteroatoms. The van der Waals surface area contributed by atoms with E-state index in [4.69, 9.17) is 0 Å². The summed E-state index contributed by atoms with van der Waals surface area (Å²) in [5.74, 6) is 0. The zero-order valence-corrected chi connectivity index (χ0v) is 21.0. The Hall–Kier alpha value is -3.91. The molecule has 0 unspecified atom stereocenters. The summed E-state index contributed by atoms with van der Waals surface area (Å²) in [6, 6.07) is 23.9. The first-order valence-corrected chi connectivity index (χ1v) is 12.9. The summed E-state index contributed by atoms with van der Waals surface area (Å²) in [5, 5.41) is 11.5. The normalized spacial score (nSPS) is 11.8. The largest absolute Gasteiger partial charge is 0.276 e. The Bertz CT molecular complexity index is 1640. The second-order valence-corrected chi connectivity index (χ2v) is 10.3. The fraction of sp³-hybridized carbons (Fsp3) is 0.185. The molecule has 0 saturated carbocycles. The highest BCUT2D eigenvalue weighted by Gasteiger charge is 2.27. The molecule has 0 radical (unpaired) electrons. The van der Waals surface area contributed by atoms with Gasteiger partial charge in [0, 0.05) is 0 Å². The predicted molar refractivity (Wildman–Crippen MR) is 139 cm³/mol. The lowest BCUT2D eigenvalue weighted by Crippen LogP contribution is -2.16. The highest BCUT2D eigenvalue weighted by molar-refractivity contribution is 7.92. The third kappa shape index (κ3) is 4.10. The molecular formula is C27H27N5O2S. The lowest BCUT2D eigenvalue weighted by atomic mass is 10.0. The number of benzene rings is 3. The molecule has 0 fully saturated rings. The summed E-state index contributed by atoms with van der Waals surface area (Å²) >= 11 is 0. The molecule has 7 nitrogen and oxygen atoms in total. The second kappa shape index (κ2) is 8.70. The van der Waals surface area contributed by atoms with Crippen molar-refractivity contribution in [3.8, 4) is 5.69 Å². The third-order valence-electron chi connectivity index (χ3n) is 6.31. The molecule has 0 aliphatic rings. The van der Waals surface area contributed by atoms with E-state index in [9.17, 15) is 8.42 Å². The summed E-state index contributed by atoms with van der Waals surface area (Å²) in [7, 11) is -3.89. The summed E-state index contributed by atoms with van der Waals surface area (Å²) in [4.78, 5) is 0.182. The Balaban J connectivity index is 1.49. The van der Waals surface area contributed by atoms with Crippen molar-refractivity contribution in [1.82, 2.24) is 19.6 Å². The number of nitrogens with zero attached hydrogens (tertiary/aromatic N) is 4. The minimum Gasteiger partial charge on any atom is -0.276 e. The minimum atomic E-state index is -3.89. The Kier molecular flexibility index (Phi) is 5.68. The van der Waals surface area contributed by atoms with E-state index in [1.54, 1.807) is 18.5 Å². The van der Waals surface area contributed by atoms with Gasteiger partial charge in [-0.3, -0.25) is 9.40 Å². The first-order chi connectivity index (χ1) is 16.8. The Morgan fingerprint density at radius 2 is 1.46 bits per heavy atom. The van der Waals surface area contributed by atoms with Crippen LogP contribution < -0.4 is 4.72 Å². The third-order valence-corrected chi connectivity index (χ3v) is 7.91. The van der Waals surface area contributed by atoms with Gasteiger partial charge in [0.1, 0.15) is 4.90 Å². The first-order valence-electron chi connectivity index (χ1n) is 11.4. The van der Waals surface area contributed by atoms with Crippen LogP contribution in [0.4, 0.5) is 5.69 Å². The quantitative estimate of drug-likeness (QED) is 0.354. The molecule has 5 aromatic rings. The van der Waals surface area contributed by atoms with E-state index in [1.165, 1.54) is 0 Å². The molecule has 178 valence electrons. The van der Waals surface area contributed by atoms with Crippen molar-refractivity contribution in [1.29, 1.82) is 0 Å². The zero-order chi connectivity index (χ0) is 24.7. The maximum absolute atomic E-state index is 13.5. The van der Waals surface area contributed by atoms with Crippen LogP contribution in [0.5, 0.6) is 0 Å². The van der Waals surface area contributed by atoms with Crippen LogP contribution in [0.2, 0.25) is 0 Å². The van der Waals surface area contributed by atoms with Crippen LogP contribution in [0.25, 0.3) is 16.5 Å². The summed E-state index contributed by atoms with van der Waals surface area (Å²) in [6.07, 6.45) is 0. The summed E-state index contributed by atoms with van der Waals surface area (Å²) in [6.45, 7) is 7.73. The van der Waals surface area contributed by atoms with Crippen molar-refractivity contribution in [3.63, 3.8) is 0 Å². The molecule has 3 aromatic carbocycles. The van der Waals surface area contributed by atoms with Gasteiger partial charge in [-0.05, 0) is 56.2 Å². The van der Waals surface area contributed by atoms with E-state index in [2.05, 4.69) is 39.2 Å². The molecule has 2 heterocycles. The predicted octanol–water partition coefficient (Wildman–Crippen LogP) is 5.30. The minimum absolute atomic E-state index is 0.182. The van der Waals surface area contributed by atoms with E-state index in [1.807, 2.05) is 67.1 Å². The van der Waals surface area contributed by atoms with E-state index < -0.39 is 10.0 Å². The number of hydrogen-bond donors (Lipinski definition) is 1. The Labute approximate surface area is 205 Å². The molecule has 5 rings (SSSR count). The molecule has 35 heavy (non-hydrogen) atoms. The number of fused-ring (bicyclic) bond motifs is 1. The van der Waals surface area contributed by atoms with Gasteiger partial charge in [0.15, 0.2) is 0 Å². The zero-order valence-electron chi connectivity index (χ0n) is 20.1. The lowest BCUT2D eigenvalue weighted by molar-refractivity contribution is 0.600. The number of anilines is 1. The number of sulfonamides is 1. The van der Waals surface area contributed by atoms with Gasteiger partial charge in [0.05, 0.1) is 40.7 Å². The molecule has 0 aliphatic heterocycles. The van der Waals surface area contributed by atoms with Crippen LogP contribution in [0.15, 0.2) is 77.7 Å². The average molecular weight is 486 g/mol. The van der Waals surface area contributed by atoms with Gasteiger partial charge in [-0.25, -0.2) is 13.1 Å². The number of aryl methyl sites for hydroxylation is 2. The van der Waals surface area contributed by atoms with Crippen molar-refractivity contribution >= 4 is 26.5 Å². The number of para-hydroxylation sites is 1. The van der Waals surface area contributed by atoms with Crippen molar-refractivity contribution in [2.75, 3.05) is 4.72 Å². The van der Waals surface area contributed by atoms with Crippen LogP contribution in [0.3, 0.4) is 0 Å². The van der Waals surface area contributed by atoms with E-state index >= 15 is 0 Å². The smallest absolute Gasteiger partial charge is 0.265 e. The van der Waals surface area contributed by atoms with E-state index in [0.717, 1.165) is 27.7 Å². The van der Waals surface area contributed by atoms with Crippen LogP contribution in [-0.4, -0.2) is 28.0 Å². The first kappa shape index (κ1) is 22.9. The van der Waals surface area contributed by atoms with Crippen molar-refractivity contribution in [3.05, 3.63) is 101 Å². The summed E-state index contributed by atoms with van der Waals surface area (Å²) in [5.41, 5.74) is 4.80. The van der Waals surface area contributed by atoms with Crippen LogP contribution in [0.1, 0.15) is 28.3 Å². The van der Waals surface area contributed by atoms with E-state index in [0.29, 0.717) is 29.3 Å². The monoisotopic (exact) mass is 485 g/mol. The SMILES string of the molecule is Cc1nn(Cc2cccc3ccccc23)c(C)c1NS(=O)(=O)c1c(C)nn(-c2ccccc2)c1C. The van der Waals surface area contributed by atoms with Gasteiger partial charge >= 0.3 is 0 Å². The Morgan fingerprint density at radius 3 is 2.23 bits per heavy atom. The van der Waals surface area contributed by atoms with Crippen LogP contribution in [0, 0.1) is 27.7 Å². The van der Waals surface area contributed by atoms with Crippen LogP contribution in [-0.2, 0) is 16.6 Å². The molecule has 2 aromatic heterocycles. The van der Waals surface area contributed by atoms with Gasteiger partial charge in [-0.1, -0.05) is 60.7 Å². The van der Waals surface area contributed by atoms with Crippen molar-refractivity contribution in [2.24, 2.45) is 0 Å². The molecule has 0 aliphatic carbocycles. The maximum Gasteiger partial charge on any atom is 0.265 e. The number of aromatic nitrogens is 4. The van der Waals surface area contributed by atoms with Crippen molar-refractivity contribution < 1.29 is 8.42 Å². The molecule has 0 saturated heterocycles. The van der Waals surface area contributed by atoms with Crippen LogP contribution >= 0.6 is 0 Å². The van der Waals surface area contributed by atoms with Gasteiger partial charge in [-0.2, -0.15) is 10.2 Å². The number of hydrogen-bond acceptors (Lipinski definition) is 4. The van der Waals surface area contributed by atoms with Gasteiger partial charge in [-0.15, -0.1) is 0 Å². The molecule has 0 bridgehead atoms. The summed E-state index contributed by atoms with van der Waals surface area (Å²) < 4.78 is 33.4.